The van der Waals surface area contributed by atoms with Gasteiger partial charge >= 0.3 is 0 Å². The first-order valence-corrected chi connectivity index (χ1v) is 10.5. The third kappa shape index (κ3) is 4.72. The smallest absolute Gasteiger partial charge is 0.208 e. The average Bonchev–Trinajstić information content (AvgIpc) is 3.42. The van der Waals surface area contributed by atoms with E-state index in [4.69, 9.17) is 9.47 Å². The molecule has 2 N–H and O–H groups in total. The Morgan fingerprint density at radius 2 is 1.90 bits per heavy atom. The highest BCUT2D eigenvalue weighted by Gasteiger charge is 2.26. The van der Waals surface area contributed by atoms with E-state index in [9.17, 15) is 0 Å². The van der Waals surface area contributed by atoms with Crippen LogP contribution in [-0.2, 0) is 4.74 Å². The van der Waals surface area contributed by atoms with Crippen molar-refractivity contribution in [3.63, 3.8) is 0 Å². The lowest BCUT2D eigenvalue weighted by Crippen LogP contribution is -2.17. The van der Waals surface area contributed by atoms with Gasteiger partial charge in [0.15, 0.2) is 5.82 Å². The summed E-state index contributed by atoms with van der Waals surface area (Å²) in [4.78, 5) is 6.66. The molecule has 0 spiro atoms. The molecule has 3 aromatic rings. The van der Waals surface area contributed by atoms with Crippen LogP contribution < -0.4 is 15.0 Å². The highest BCUT2D eigenvalue weighted by molar-refractivity contribution is 7.99. The molecular formula is C21H25N5O2S. The molecule has 0 amide bonds. The standard InChI is InChI=1S/C21H25N5O2S/c1-26(2)16-8-4-15(5-9-16)20-22-12-18(28-20)13-29-21-23-19(24-25-21)14-6-10-17(27-3)11-7-14/h4-11,18,20,22H,12-13H2,1-3H3,(H,23,24,25)/t18-,20+/m0/s1. The van der Waals surface area contributed by atoms with Crippen molar-refractivity contribution >= 4 is 17.4 Å². The third-order valence-corrected chi connectivity index (χ3v) is 5.78. The van der Waals surface area contributed by atoms with Gasteiger partial charge < -0.3 is 14.4 Å². The number of benzene rings is 2. The molecule has 1 aromatic heterocycles. The van der Waals surface area contributed by atoms with Gasteiger partial charge in [-0.2, -0.15) is 0 Å². The minimum atomic E-state index is -0.0705. The molecule has 0 unspecified atom stereocenters. The fourth-order valence-electron chi connectivity index (χ4n) is 3.13. The average molecular weight is 412 g/mol. The minimum absolute atomic E-state index is 0.0705. The highest BCUT2D eigenvalue weighted by Crippen LogP contribution is 2.27. The largest absolute Gasteiger partial charge is 0.497 e. The van der Waals surface area contributed by atoms with Crippen molar-refractivity contribution in [2.24, 2.45) is 0 Å². The van der Waals surface area contributed by atoms with E-state index in [-0.39, 0.29) is 12.3 Å². The monoisotopic (exact) mass is 411 g/mol. The molecule has 2 heterocycles. The molecule has 1 fully saturated rings. The van der Waals surface area contributed by atoms with Crippen LogP contribution in [0.25, 0.3) is 11.4 Å². The minimum Gasteiger partial charge on any atom is -0.497 e. The van der Waals surface area contributed by atoms with Crippen molar-refractivity contribution in [1.82, 2.24) is 20.5 Å². The third-order valence-electron chi connectivity index (χ3n) is 4.80. The lowest BCUT2D eigenvalue weighted by Gasteiger charge is -2.16. The van der Waals surface area contributed by atoms with Gasteiger partial charge in [-0.3, -0.25) is 10.4 Å². The van der Waals surface area contributed by atoms with Crippen LogP contribution >= 0.6 is 11.8 Å². The van der Waals surface area contributed by atoms with Gasteiger partial charge in [0.2, 0.25) is 5.16 Å². The van der Waals surface area contributed by atoms with Crippen LogP contribution in [0.3, 0.4) is 0 Å². The van der Waals surface area contributed by atoms with Crippen LogP contribution in [0.1, 0.15) is 11.8 Å². The maximum atomic E-state index is 6.16. The van der Waals surface area contributed by atoms with Gasteiger partial charge in [-0.1, -0.05) is 23.9 Å². The van der Waals surface area contributed by atoms with Crippen LogP contribution in [0.2, 0.25) is 0 Å². The van der Waals surface area contributed by atoms with Crippen molar-refractivity contribution in [3.8, 4) is 17.1 Å². The van der Waals surface area contributed by atoms with Crippen molar-refractivity contribution in [3.05, 3.63) is 54.1 Å². The molecule has 4 rings (SSSR count). The van der Waals surface area contributed by atoms with E-state index >= 15 is 0 Å². The van der Waals surface area contributed by atoms with Crippen LogP contribution in [0.15, 0.2) is 53.7 Å². The Bertz CT molecular complexity index is 927. The molecular weight excluding hydrogens is 386 g/mol. The van der Waals surface area contributed by atoms with Crippen LogP contribution in [0.4, 0.5) is 5.69 Å². The number of nitrogens with zero attached hydrogens (tertiary/aromatic N) is 3. The Balaban J connectivity index is 1.30. The number of ether oxygens (including phenoxy) is 2. The molecule has 0 radical (unpaired) electrons. The molecule has 0 saturated carbocycles. The lowest BCUT2D eigenvalue weighted by molar-refractivity contribution is 0.0534. The van der Waals surface area contributed by atoms with E-state index in [1.807, 2.05) is 38.4 Å². The Morgan fingerprint density at radius 3 is 2.59 bits per heavy atom. The highest BCUT2D eigenvalue weighted by atomic mass is 32.2. The first kappa shape index (κ1) is 19.8. The summed E-state index contributed by atoms with van der Waals surface area (Å²) in [6.07, 6.45) is 0.0419. The molecule has 0 bridgehead atoms. The summed E-state index contributed by atoms with van der Waals surface area (Å²) in [5, 5.41) is 11.5. The van der Waals surface area contributed by atoms with Crippen LogP contribution in [-0.4, -0.2) is 54.8 Å². The summed E-state index contributed by atoms with van der Waals surface area (Å²) in [6.45, 7) is 0.808. The summed E-state index contributed by atoms with van der Waals surface area (Å²) in [6, 6.07) is 16.2. The van der Waals surface area contributed by atoms with E-state index in [1.54, 1.807) is 18.9 Å². The number of rotatable bonds is 7. The van der Waals surface area contributed by atoms with E-state index in [0.717, 1.165) is 40.2 Å². The Labute approximate surface area is 174 Å². The van der Waals surface area contributed by atoms with Crippen LogP contribution in [0.5, 0.6) is 5.75 Å². The maximum absolute atomic E-state index is 6.16. The molecule has 8 heteroatoms. The van der Waals surface area contributed by atoms with Crippen molar-refractivity contribution < 1.29 is 9.47 Å². The number of nitrogens with one attached hydrogen (secondary N) is 2. The summed E-state index contributed by atoms with van der Waals surface area (Å²) in [5.41, 5.74) is 3.30. The number of H-pyrrole nitrogens is 1. The molecule has 0 aliphatic carbocycles. The maximum Gasteiger partial charge on any atom is 0.208 e. The summed E-state index contributed by atoms with van der Waals surface area (Å²) in [5.74, 6) is 2.36. The van der Waals surface area contributed by atoms with E-state index in [0.29, 0.717) is 0 Å². The zero-order chi connectivity index (χ0) is 20.2. The second-order valence-electron chi connectivity index (χ2n) is 7.04. The molecule has 2 aromatic carbocycles. The number of aromatic amines is 1. The second kappa shape index (κ2) is 8.86. The van der Waals surface area contributed by atoms with Crippen molar-refractivity contribution in [2.45, 2.75) is 17.5 Å². The summed E-state index contributed by atoms with van der Waals surface area (Å²) in [7, 11) is 5.73. The second-order valence-corrected chi connectivity index (χ2v) is 8.03. The van der Waals surface area contributed by atoms with Gasteiger partial charge in [0.25, 0.3) is 0 Å². The molecule has 1 saturated heterocycles. The normalized spacial score (nSPS) is 18.7. The van der Waals surface area contributed by atoms with Crippen LogP contribution in [0, 0.1) is 0 Å². The number of aromatic nitrogens is 3. The molecule has 2 atom stereocenters. The van der Waals surface area contributed by atoms with Crippen molar-refractivity contribution in [2.75, 3.05) is 38.4 Å². The number of anilines is 1. The zero-order valence-corrected chi connectivity index (χ0v) is 17.6. The van der Waals surface area contributed by atoms with Gasteiger partial charge in [-0.15, -0.1) is 5.10 Å². The zero-order valence-electron chi connectivity index (χ0n) is 16.8. The molecule has 7 nitrogen and oxygen atoms in total. The van der Waals surface area contributed by atoms with E-state index in [2.05, 4.69) is 49.7 Å². The molecule has 1 aliphatic rings. The van der Waals surface area contributed by atoms with E-state index < -0.39 is 0 Å². The molecule has 1 aliphatic heterocycles. The Hall–Kier alpha value is -2.55. The fraction of sp³-hybridized carbons (Fsp3) is 0.333. The predicted octanol–water partition coefficient (Wildman–Crippen LogP) is 3.33. The topological polar surface area (TPSA) is 75.3 Å². The van der Waals surface area contributed by atoms with Gasteiger partial charge in [0.1, 0.15) is 12.0 Å². The number of methoxy groups -OCH3 is 1. The SMILES string of the molecule is COc1ccc(-c2nc(SC[C@@H]3CN[C@@H](c4ccc(N(C)C)cc4)O3)n[nH]2)cc1. The van der Waals surface area contributed by atoms with Gasteiger partial charge in [-0.05, 0) is 42.0 Å². The first-order chi connectivity index (χ1) is 14.1. The number of hydrogen-bond acceptors (Lipinski definition) is 7. The van der Waals surface area contributed by atoms with Crippen molar-refractivity contribution in [1.29, 1.82) is 0 Å². The fourth-order valence-corrected chi connectivity index (χ4v) is 3.92. The van der Waals surface area contributed by atoms with Gasteiger partial charge in [-0.25, -0.2) is 4.98 Å². The molecule has 29 heavy (non-hydrogen) atoms. The van der Waals surface area contributed by atoms with Gasteiger partial charge in [0.05, 0.1) is 13.2 Å². The Morgan fingerprint density at radius 1 is 1.14 bits per heavy atom. The Kier molecular flexibility index (Phi) is 6.03. The van der Waals surface area contributed by atoms with E-state index in [1.165, 1.54) is 5.69 Å². The lowest BCUT2D eigenvalue weighted by atomic mass is 10.2. The first-order valence-electron chi connectivity index (χ1n) is 9.48. The number of hydrogen-bond donors (Lipinski definition) is 2. The number of thioether (sulfide) groups is 1. The quantitative estimate of drug-likeness (QED) is 0.578. The van der Waals surface area contributed by atoms with Gasteiger partial charge in [0, 0.05) is 37.6 Å². The summed E-state index contributed by atoms with van der Waals surface area (Å²) < 4.78 is 11.4. The summed E-state index contributed by atoms with van der Waals surface area (Å²) >= 11 is 1.59. The molecule has 152 valence electrons. The predicted molar refractivity (Wildman–Crippen MR) is 115 cm³/mol.